The molecular weight excluding hydrogens is 522 g/mol. The molecule has 1 aromatic heterocycles. The Balaban J connectivity index is 1.54. The maximum Gasteiger partial charge on any atom is 0.238 e. The smallest absolute Gasteiger partial charge is 0.238 e. The lowest BCUT2D eigenvalue weighted by molar-refractivity contribution is -0.121. The van der Waals surface area contributed by atoms with Crippen molar-refractivity contribution in [3.8, 4) is 0 Å². The van der Waals surface area contributed by atoms with Crippen molar-refractivity contribution in [2.75, 3.05) is 10.2 Å². The molecule has 0 unspecified atom stereocenters. The average molecular weight is 546 g/mol. The first-order chi connectivity index (χ1) is 19.4. The number of aryl methyl sites for hydroxylation is 1. The zero-order valence-corrected chi connectivity index (χ0v) is 22.3. The van der Waals surface area contributed by atoms with Crippen molar-refractivity contribution in [2.45, 2.75) is 24.4 Å². The van der Waals surface area contributed by atoms with Crippen LogP contribution in [0.5, 0.6) is 0 Å². The van der Waals surface area contributed by atoms with E-state index in [9.17, 15) is 14.4 Å². The lowest BCUT2D eigenvalue weighted by Crippen LogP contribution is -2.51. The summed E-state index contributed by atoms with van der Waals surface area (Å²) >= 11 is 6.16. The van der Waals surface area contributed by atoms with Gasteiger partial charge in [-0.1, -0.05) is 53.6 Å². The Morgan fingerprint density at radius 3 is 2.42 bits per heavy atom. The van der Waals surface area contributed by atoms with Crippen LogP contribution in [0.3, 0.4) is 0 Å². The van der Waals surface area contributed by atoms with Crippen molar-refractivity contribution < 1.29 is 14.4 Å². The van der Waals surface area contributed by atoms with E-state index in [2.05, 4.69) is 16.4 Å². The van der Waals surface area contributed by atoms with E-state index in [1.165, 1.54) is 0 Å². The number of nitrogens with zero attached hydrogens (tertiary/aromatic N) is 2. The minimum atomic E-state index is -1.34. The highest BCUT2D eigenvalue weighted by atomic mass is 35.5. The van der Waals surface area contributed by atoms with Gasteiger partial charge in [0, 0.05) is 39.9 Å². The second-order valence-electron chi connectivity index (χ2n) is 10.5. The number of fused-ring (bicyclic) bond motifs is 6. The highest BCUT2D eigenvalue weighted by Crippen LogP contribution is 2.58. The molecule has 4 aromatic rings. The summed E-state index contributed by atoms with van der Waals surface area (Å²) in [6.45, 7) is 2.01. The van der Waals surface area contributed by atoms with Gasteiger partial charge in [0.1, 0.15) is 11.5 Å². The van der Waals surface area contributed by atoms with Crippen LogP contribution in [-0.2, 0) is 10.2 Å². The number of hydrogen-bond acceptors (Lipinski definition) is 5. The Kier molecular flexibility index (Phi) is 5.51. The van der Waals surface area contributed by atoms with Gasteiger partial charge in [0.15, 0.2) is 11.6 Å². The van der Waals surface area contributed by atoms with Crippen molar-refractivity contribution >= 4 is 46.5 Å². The summed E-state index contributed by atoms with van der Waals surface area (Å²) in [7, 11) is 0. The molecule has 196 valence electrons. The Morgan fingerprint density at radius 1 is 0.925 bits per heavy atom. The molecule has 7 heteroatoms. The normalized spacial score (nSPS) is 23.9. The van der Waals surface area contributed by atoms with Gasteiger partial charge in [-0.2, -0.15) is 0 Å². The number of carbonyl (C=O) groups excluding carboxylic acids is 3. The molecule has 0 bridgehead atoms. The Labute approximate surface area is 236 Å². The fourth-order valence-electron chi connectivity index (χ4n) is 6.78. The van der Waals surface area contributed by atoms with Crippen LogP contribution in [-0.4, -0.2) is 34.5 Å². The van der Waals surface area contributed by atoms with E-state index in [0.717, 1.165) is 16.8 Å². The van der Waals surface area contributed by atoms with Crippen LogP contribution in [0.4, 0.5) is 11.4 Å². The molecule has 1 spiro atoms. The third-order valence-electron chi connectivity index (χ3n) is 8.43. The number of benzene rings is 3. The summed E-state index contributed by atoms with van der Waals surface area (Å²) in [5, 5.41) is 3.55. The quantitative estimate of drug-likeness (QED) is 0.323. The molecule has 0 radical (unpaired) electrons. The fourth-order valence-corrected chi connectivity index (χ4v) is 6.91. The Morgan fingerprint density at radius 2 is 1.65 bits per heavy atom. The van der Waals surface area contributed by atoms with Gasteiger partial charge in [0.2, 0.25) is 5.91 Å². The zero-order valence-electron chi connectivity index (χ0n) is 21.5. The van der Waals surface area contributed by atoms with Crippen LogP contribution in [0.1, 0.15) is 37.4 Å². The molecular formula is C33H24ClN3O3. The Bertz CT molecular complexity index is 1730. The minimum Gasteiger partial charge on any atom is -0.352 e. The van der Waals surface area contributed by atoms with Crippen molar-refractivity contribution in [2.24, 2.45) is 5.92 Å². The van der Waals surface area contributed by atoms with Gasteiger partial charge in [-0.15, -0.1) is 0 Å². The van der Waals surface area contributed by atoms with Crippen LogP contribution in [0.2, 0.25) is 5.02 Å². The molecule has 4 atom stereocenters. The summed E-state index contributed by atoms with van der Waals surface area (Å²) in [4.78, 5) is 49.6. The molecule has 1 fully saturated rings. The molecule has 7 rings (SSSR count). The first-order valence-electron chi connectivity index (χ1n) is 13.1. The number of aromatic nitrogens is 1. The minimum absolute atomic E-state index is 0.245. The number of hydrogen-bond donors (Lipinski definition) is 1. The fraction of sp³-hybridized carbons (Fsp3) is 0.152. The second-order valence-corrected chi connectivity index (χ2v) is 11.0. The number of anilines is 2. The van der Waals surface area contributed by atoms with Crippen molar-refractivity contribution in [1.29, 1.82) is 0 Å². The number of nitrogens with one attached hydrogen (secondary N) is 1. The van der Waals surface area contributed by atoms with E-state index in [0.29, 0.717) is 27.4 Å². The number of halogens is 1. The summed E-state index contributed by atoms with van der Waals surface area (Å²) in [5.74, 6) is -1.84. The van der Waals surface area contributed by atoms with Gasteiger partial charge in [0.05, 0.1) is 12.0 Å². The van der Waals surface area contributed by atoms with Gasteiger partial charge in [0.25, 0.3) is 0 Å². The van der Waals surface area contributed by atoms with Gasteiger partial charge in [-0.3, -0.25) is 19.4 Å². The van der Waals surface area contributed by atoms with E-state index in [1.807, 2.05) is 60.4 Å². The SMILES string of the molecule is Cc1ccc2c(c1)C=C[C@@H]1N2[C@H](C(=O)c2ccc(Cl)cc2)[C@@H](C(=O)c2ccncc2)[C@]12C(=O)Nc1ccccc12. The number of para-hydroxylation sites is 1. The summed E-state index contributed by atoms with van der Waals surface area (Å²) in [6, 6.07) is 21.9. The lowest BCUT2D eigenvalue weighted by Gasteiger charge is -2.37. The van der Waals surface area contributed by atoms with Crippen LogP contribution in [0.15, 0.2) is 97.3 Å². The molecule has 1 amide bonds. The molecule has 1 N–H and O–H groups in total. The molecule has 3 aromatic carbocycles. The topological polar surface area (TPSA) is 79.4 Å². The molecule has 1 saturated heterocycles. The molecule has 3 aliphatic heterocycles. The van der Waals surface area contributed by atoms with Gasteiger partial charge in [-0.05, 0) is 72.6 Å². The number of carbonyl (C=O) groups is 3. The molecule has 6 nitrogen and oxygen atoms in total. The maximum atomic E-state index is 14.6. The molecule has 40 heavy (non-hydrogen) atoms. The van der Waals surface area contributed by atoms with Crippen molar-refractivity contribution in [3.63, 3.8) is 0 Å². The largest absolute Gasteiger partial charge is 0.352 e. The lowest BCUT2D eigenvalue weighted by atomic mass is 9.64. The maximum absolute atomic E-state index is 14.6. The number of amides is 1. The number of rotatable bonds is 4. The molecule has 3 aliphatic rings. The third-order valence-corrected chi connectivity index (χ3v) is 8.68. The van der Waals surface area contributed by atoms with Crippen LogP contribution >= 0.6 is 11.6 Å². The predicted molar refractivity (Wildman–Crippen MR) is 155 cm³/mol. The Hall–Kier alpha value is -4.55. The molecule has 0 saturated carbocycles. The summed E-state index contributed by atoms with van der Waals surface area (Å²) in [5.41, 5.74) is 3.67. The van der Waals surface area contributed by atoms with E-state index < -0.39 is 23.4 Å². The van der Waals surface area contributed by atoms with Crippen LogP contribution in [0, 0.1) is 12.8 Å². The number of pyridine rings is 1. The first-order valence-corrected chi connectivity index (χ1v) is 13.5. The van der Waals surface area contributed by atoms with Crippen molar-refractivity contribution in [3.05, 3.63) is 130 Å². The van der Waals surface area contributed by atoms with Crippen LogP contribution in [0.25, 0.3) is 6.08 Å². The second kappa shape index (κ2) is 9.00. The average Bonchev–Trinajstić information content (AvgIpc) is 3.45. The highest BCUT2D eigenvalue weighted by Gasteiger charge is 2.70. The third kappa shape index (κ3) is 3.36. The van der Waals surface area contributed by atoms with Gasteiger partial charge < -0.3 is 10.2 Å². The van der Waals surface area contributed by atoms with E-state index >= 15 is 0 Å². The monoisotopic (exact) mass is 545 g/mol. The van der Waals surface area contributed by atoms with E-state index in [1.54, 1.807) is 48.8 Å². The van der Waals surface area contributed by atoms with Crippen molar-refractivity contribution in [1.82, 2.24) is 4.98 Å². The van der Waals surface area contributed by atoms with Crippen LogP contribution < -0.4 is 10.2 Å². The number of Topliss-reactive ketones (excluding diaryl/α,β-unsaturated/α-hetero) is 2. The van der Waals surface area contributed by atoms with E-state index in [4.69, 9.17) is 11.6 Å². The standard InChI is InChI=1S/C33H24ClN3O3/c1-19-6-12-26-22(18-19)9-13-27-33(24-4-2-3-5-25(24)36-32(33)40)28(30(38)21-14-16-35-17-15-21)29(37(26)27)31(39)20-7-10-23(34)11-8-20/h2-18,27-29H,1H3,(H,36,40)/t27-,28-,29-,33+/m0/s1. The summed E-state index contributed by atoms with van der Waals surface area (Å²) < 4.78 is 0. The molecule has 4 heterocycles. The predicted octanol–water partition coefficient (Wildman–Crippen LogP) is 5.90. The zero-order chi connectivity index (χ0) is 27.6. The highest BCUT2D eigenvalue weighted by molar-refractivity contribution is 6.30. The summed E-state index contributed by atoms with van der Waals surface area (Å²) in [6.07, 6.45) is 7.09. The first kappa shape index (κ1) is 24.5. The van der Waals surface area contributed by atoms with E-state index in [-0.39, 0.29) is 17.5 Å². The number of ketones is 2. The van der Waals surface area contributed by atoms with Gasteiger partial charge >= 0.3 is 0 Å². The molecule has 0 aliphatic carbocycles. The van der Waals surface area contributed by atoms with Gasteiger partial charge in [-0.25, -0.2) is 0 Å².